The van der Waals surface area contributed by atoms with E-state index in [0.717, 1.165) is 36.4 Å². The molecule has 2 heterocycles. The molecule has 0 unspecified atom stereocenters. The SMILES string of the molecule is CC.Cc1cc(Nc2nc(NC3CCC(NC(=O)N(C)C)CC3)cnc2C(N)=O)sn1. The Balaban J connectivity index is 0.00000166. The number of amides is 3. The normalized spacial score (nSPS) is 17.7. The van der Waals surface area contributed by atoms with Crippen molar-refractivity contribution in [2.45, 2.75) is 58.5 Å². The Hall–Kier alpha value is -2.95. The molecule has 0 aliphatic heterocycles. The maximum absolute atomic E-state index is 11.8. The van der Waals surface area contributed by atoms with E-state index in [1.165, 1.54) is 17.7 Å². The summed E-state index contributed by atoms with van der Waals surface area (Å²) in [5, 5.41) is 10.2. The predicted molar refractivity (Wildman–Crippen MR) is 124 cm³/mol. The molecule has 1 saturated carbocycles. The van der Waals surface area contributed by atoms with Crippen LogP contribution in [-0.2, 0) is 0 Å². The molecule has 3 amide bonds. The molecule has 170 valence electrons. The Bertz CT molecular complexity index is 878. The highest BCUT2D eigenvalue weighted by Gasteiger charge is 2.23. The zero-order chi connectivity index (χ0) is 23.0. The van der Waals surface area contributed by atoms with Gasteiger partial charge in [0.2, 0.25) is 0 Å². The summed E-state index contributed by atoms with van der Waals surface area (Å²) >= 11 is 1.27. The smallest absolute Gasteiger partial charge is 0.317 e. The lowest BCUT2D eigenvalue weighted by molar-refractivity contribution is 0.0996. The van der Waals surface area contributed by atoms with Crippen molar-refractivity contribution < 1.29 is 9.59 Å². The van der Waals surface area contributed by atoms with Gasteiger partial charge in [-0.3, -0.25) is 4.79 Å². The minimum atomic E-state index is -0.648. The van der Waals surface area contributed by atoms with Crippen LogP contribution in [0.5, 0.6) is 0 Å². The number of primary amides is 1. The second kappa shape index (κ2) is 11.4. The molecule has 0 aromatic carbocycles. The number of carbonyl (C=O) groups is 2. The van der Waals surface area contributed by atoms with Crippen LogP contribution >= 0.6 is 11.5 Å². The number of urea groups is 1. The van der Waals surface area contributed by atoms with E-state index in [-0.39, 0.29) is 23.8 Å². The molecule has 10 nitrogen and oxygen atoms in total. The number of rotatable bonds is 6. The van der Waals surface area contributed by atoms with E-state index in [0.29, 0.717) is 11.6 Å². The molecule has 0 radical (unpaired) electrons. The molecule has 0 saturated heterocycles. The maximum Gasteiger partial charge on any atom is 0.317 e. The van der Waals surface area contributed by atoms with Crippen LogP contribution in [0.15, 0.2) is 12.3 Å². The van der Waals surface area contributed by atoms with Crippen LogP contribution in [0.3, 0.4) is 0 Å². The van der Waals surface area contributed by atoms with Gasteiger partial charge in [-0.2, -0.15) is 4.37 Å². The van der Waals surface area contributed by atoms with Gasteiger partial charge in [-0.25, -0.2) is 14.8 Å². The number of nitrogens with one attached hydrogen (secondary N) is 3. The van der Waals surface area contributed by atoms with E-state index < -0.39 is 5.91 Å². The van der Waals surface area contributed by atoms with Crippen molar-refractivity contribution in [3.8, 4) is 0 Å². The molecule has 0 atom stereocenters. The quantitative estimate of drug-likeness (QED) is 0.532. The van der Waals surface area contributed by atoms with Gasteiger partial charge in [-0.05, 0) is 50.2 Å². The lowest BCUT2D eigenvalue weighted by atomic mass is 9.91. The van der Waals surface area contributed by atoms with Crippen LogP contribution in [0.1, 0.15) is 55.7 Å². The molecule has 1 aliphatic carbocycles. The van der Waals surface area contributed by atoms with E-state index >= 15 is 0 Å². The summed E-state index contributed by atoms with van der Waals surface area (Å²) < 4.78 is 4.21. The van der Waals surface area contributed by atoms with E-state index in [1.807, 2.05) is 26.8 Å². The minimum absolute atomic E-state index is 0.0664. The van der Waals surface area contributed by atoms with Crippen LogP contribution < -0.4 is 21.7 Å². The second-order valence-corrected chi connectivity index (χ2v) is 8.12. The van der Waals surface area contributed by atoms with Crippen molar-refractivity contribution in [1.29, 1.82) is 0 Å². The number of hydrogen-bond donors (Lipinski definition) is 4. The summed E-state index contributed by atoms with van der Waals surface area (Å²) in [6.07, 6.45) is 5.08. The monoisotopic (exact) mass is 448 g/mol. The maximum atomic E-state index is 11.8. The van der Waals surface area contributed by atoms with Gasteiger partial charge in [-0.15, -0.1) is 0 Å². The van der Waals surface area contributed by atoms with Crippen molar-refractivity contribution in [2.75, 3.05) is 24.7 Å². The van der Waals surface area contributed by atoms with E-state index in [9.17, 15) is 9.59 Å². The van der Waals surface area contributed by atoms with Gasteiger partial charge in [0.15, 0.2) is 11.5 Å². The molecule has 3 rings (SSSR count). The predicted octanol–water partition coefficient (Wildman–Crippen LogP) is 3.10. The lowest BCUT2D eigenvalue weighted by Gasteiger charge is -2.30. The molecule has 2 aromatic rings. The van der Waals surface area contributed by atoms with Crippen LogP contribution in [0.2, 0.25) is 0 Å². The van der Waals surface area contributed by atoms with E-state index in [4.69, 9.17) is 5.73 Å². The summed E-state index contributed by atoms with van der Waals surface area (Å²) in [5.41, 5.74) is 6.39. The van der Waals surface area contributed by atoms with Crippen LogP contribution in [0.4, 0.5) is 21.4 Å². The van der Waals surface area contributed by atoms with Crippen molar-refractivity contribution in [3.63, 3.8) is 0 Å². The number of nitrogens with zero attached hydrogens (tertiary/aromatic N) is 4. The highest BCUT2D eigenvalue weighted by molar-refractivity contribution is 7.10. The van der Waals surface area contributed by atoms with Crippen LogP contribution in [0, 0.1) is 6.92 Å². The molecule has 11 heteroatoms. The number of anilines is 3. The summed E-state index contributed by atoms with van der Waals surface area (Å²) in [4.78, 5) is 33.7. The summed E-state index contributed by atoms with van der Waals surface area (Å²) in [6, 6.07) is 2.19. The summed E-state index contributed by atoms with van der Waals surface area (Å²) in [6.45, 7) is 5.89. The summed E-state index contributed by atoms with van der Waals surface area (Å²) in [7, 11) is 3.46. The molecular formula is C20H32N8O2S. The number of carbonyl (C=O) groups excluding carboxylic acids is 2. The van der Waals surface area contributed by atoms with Gasteiger partial charge in [0.05, 0.1) is 11.9 Å². The first-order chi connectivity index (χ1) is 14.8. The molecule has 1 aliphatic rings. The molecule has 0 spiro atoms. The lowest BCUT2D eigenvalue weighted by Crippen LogP contribution is -2.44. The number of aromatic nitrogens is 3. The first-order valence-corrected chi connectivity index (χ1v) is 11.2. The third-order valence-electron chi connectivity index (χ3n) is 4.69. The van der Waals surface area contributed by atoms with Gasteiger partial charge in [0.1, 0.15) is 10.8 Å². The van der Waals surface area contributed by atoms with Gasteiger partial charge < -0.3 is 26.6 Å². The zero-order valence-electron chi connectivity index (χ0n) is 18.7. The van der Waals surface area contributed by atoms with Gasteiger partial charge in [0, 0.05) is 26.2 Å². The molecular weight excluding hydrogens is 416 g/mol. The average Bonchev–Trinajstić information content (AvgIpc) is 3.15. The standard InChI is InChI=1S/C18H26N8O2S.C2H6/c1-10-8-14(29-25-10)24-17-15(16(19)27)20-9-13(23-17)21-11-4-6-12(7-5-11)22-18(28)26(2)3;1-2/h8-9,11-12H,4-7H2,1-3H3,(H2,19,27)(H,22,28)(H2,21,23,24);1-2H3. The molecule has 0 bridgehead atoms. The van der Waals surface area contributed by atoms with Gasteiger partial charge in [0.25, 0.3) is 5.91 Å². The average molecular weight is 449 g/mol. The van der Waals surface area contributed by atoms with Gasteiger partial charge in [-0.1, -0.05) is 13.8 Å². The van der Waals surface area contributed by atoms with E-state index in [2.05, 4.69) is 30.3 Å². The number of nitrogens with two attached hydrogens (primary N) is 1. The molecule has 5 N–H and O–H groups in total. The Kier molecular flexibility index (Phi) is 8.98. The van der Waals surface area contributed by atoms with Crippen LogP contribution in [0.25, 0.3) is 0 Å². The fraction of sp³-hybridized carbons (Fsp3) is 0.550. The topological polar surface area (TPSA) is 138 Å². The Morgan fingerprint density at radius 1 is 1.16 bits per heavy atom. The first kappa shape index (κ1) is 24.3. The largest absolute Gasteiger partial charge is 0.366 e. The highest BCUT2D eigenvalue weighted by Crippen LogP contribution is 2.25. The first-order valence-electron chi connectivity index (χ1n) is 10.4. The van der Waals surface area contributed by atoms with Crippen molar-refractivity contribution >= 4 is 40.1 Å². The number of hydrogen-bond acceptors (Lipinski definition) is 8. The Morgan fingerprint density at radius 3 is 2.35 bits per heavy atom. The van der Waals surface area contributed by atoms with Crippen molar-refractivity contribution in [2.24, 2.45) is 5.73 Å². The fourth-order valence-corrected chi connectivity index (χ4v) is 3.82. The third kappa shape index (κ3) is 7.06. The third-order valence-corrected chi connectivity index (χ3v) is 5.48. The second-order valence-electron chi connectivity index (χ2n) is 7.31. The zero-order valence-corrected chi connectivity index (χ0v) is 19.5. The fourth-order valence-electron chi connectivity index (χ4n) is 3.16. The minimum Gasteiger partial charge on any atom is -0.366 e. The van der Waals surface area contributed by atoms with Crippen molar-refractivity contribution in [3.05, 3.63) is 23.7 Å². The molecule has 2 aromatic heterocycles. The highest BCUT2D eigenvalue weighted by atomic mass is 32.1. The van der Waals surface area contributed by atoms with Gasteiger partial charge >= 0.3 is 6.03 Å². The van der Waals surface area contributed by atoms with Crippen LogP contribution in [-0.4, -0.2) is 57.4 Å². The Morgan fingerprint density at radius 2 is 1.81 bits per heavy atom. The number of aryl methyl sites for hydroxylation is 1. The van der Waals surface area contributed by atoms with Crippen molar-refractivity contribution in [1.82, 2.24) is 24.6 Å². The molecule has 1 fully saturated rings. The Labute approximate surface area is 187 Å². The summed E-state index contributed by atoms with van der Waals surface area (Å²) in [5.74, 6) is 0.225. The molecule has 31 heavy (non-hydrogen) atoms. The van der Waals surface area contributed by atoms with E-state index in [1.54, 1.807) is 19.0 Å².